The number of carbonyl (C=O) groups is 1. The molecule has 0 aromatic heterocycles. The van der Waals surface area contributed by atoms with E-state index in [1.54, 1.807) is 19.1 Å². The topological polar surface area (TPSA) is 41.5 Å². The van der Waals surface area contributed by atoms with Gasteiger partial charge in [-0.2, -0.15) is 5.10 Å². The Morgan fingerprint density at radius 2 is 1.82 bits per heavy atom. The Morgan fingerprint density at radius 1 is 1.14 bits per heavy atom. The molecule has 2 aromatic rings. The first kappa shape index (κ1) is 14.4. The lowest BCUT2D eigenvalue weighted by Gasteiger charge is -2.03. The van der Waals surface area contributed by atoms with Crippen LogP contribution >= 0.6 is 0 Å². The zero-order valence-electron chi connectivity index (χ0n) is 12.3. The molecular formula is C18H17FN2O. The normalized spacial score (nSPS) is 20.5. The van der Waals surface area contributed by atoms with Gasteiger partial charge in [-0.3, -0.25) is 4.79 Å². The van der Waals surface area contributed by atoms with Crippen LogP contribution in [0.25, 0.3) is 0 Å². The Balaban J connectivity index is 1.59. The Bertz CT molecular complexity index is 695. The molecule has 2 aromatic carbocycles. The average molecular weight is 296 g/mol. The number of amides is 1. The number of benzene rings is 2. The summed E-state index contributed by atoms with van der Waals surface area (Å²) < 4.78 is 12.9. The van der Waals surface area contributed by atoms with Crippen LogP contribution in [0.5, 0.6) is 0 Å². The van der Waals surface area contributed by atoms with Crippen LogP contribution in [-0.4, -0.2) is 11.6 Å². The van der Waals surface area contributed by atoms with E-state index in [0.29, 0.717) is 11.6 Å². The van der Waals surface area contributed by atoms with Gasteiger partial charge in [0.25, 0.3) is 0 Å². The Kier molecular flexibility index (Phi) is 4.00. The van der Waals surface area contributed by atoms with Gasteiger partial charge in [-0.1, -0.05) is 42.5 Å². The molecule has 4 heteroatoms. The van der Waals surface area contributed by atoms with Crippen LogP contribution in [-0.2, 0) is 4.79 Å². The summed E-state index contributed by atoms with van der Waals surface area (Å²) in [4.78, 5) is 12.1. The fourth-order valence-corrected chi connectivity index (χ4v) is 2.53. The largest absolute Gasteiger partial charge is 0.273 e. The van der Waals surface area contributed by atoms with Crippen LogP contribution in [0.2, 0.25) is 0 Å². The number of nitrogens with zero attached hydrogens (tertiary/aromatic N) is 1. The second kappa shape index (κ2) is 6.10. The lowest BCUT2D eigenvalue weighted by atomic mass is 10.1. The molecule has 1 fully saturated rings. The summed E-state index contributed by atoms with van der Waals surface area (Å²) in [6, 6.07) is 16.1. The molecular weight excluding hydrogens is 279 g/mol. The van der Waals surface area contributed by atoms with Crippen molar-refractivity contribution in [1.82, 2.24) is 5.43 Å². The van der Waals surface area contributed by atoms with E-state index in [1.165, 1.54) is 17.7 Å². The van der Waals surface area contributed by atoms with Crippen molar-refractivity contribution in [3.8, 4) is 0 Å². The molecule has 3 rings (SSSR count). The maximum absolute atomic E-state index is 12.9. The molecule has 1 aliphatic rings. The third-order valence-electron chi connectivity index (χ3n) is 3.95. The number of nitrogens with one attached hydrogen (secondary N) is 1. The number of halogens is 1. The van der Waals surface area contributed by atoms with Gasteiger partial charge < -0.3 is 0 Å². The molecule has 0 radical (unpaired) electrons. The second-order valence-electron chi connectivity index (χ2n) is 5.54. The van der Waals surface area contributed by atoms with Gasteiger partial charge >= 0.3 is 0 Å². The summed E-state index contributed by atoms with van der Waals surface area (Å²) >= 11 is 0. The second-order valence-corrected chi connectivity index (χ2v) is 5.54. The van der Waals surface area contributed by atoms with Crippen LogP contribution in [0.4, 0.5) is 4.39 Å². The van der Waals surface area contributed by atoms with Crippen molar-refractivity contribution in [1.29, 1.82) is 0 Å². The molecule has 112 valence electrons. The molecule has 2 unspecified atom stereocenters. The van der Waals surface area contributed by atoms with Crippen molar-refractivity contribution >= 4 is 11.6 Å². The van der Waals surface area contributed by atoms with E-state index in [-0.39, 0.29) is 17.6 Å². The highest BCUT2D eigenvalue weighted by atomic mass is 19.1. The van der Waals surface area contributed by atoms with Crippen LogP contribution in [0.3, 0.4) is 0 Å². The van der Waals surface area contributed by atoms with Gasteiger partial charge in [0.1, 0.15) is 5.82 Å². The van der Waals surface area contributed by atoms with E-state index in [4.69, 9.17) is 0 Å². The standard InChI is InChI=1S/C18H17FN2O/c1-12(13-7-9-15(19)10-8-13)20-21-18(22)17-11-16(17)14-5-3-2-4-6-14/h2-10,16-17H,11H2,1H3,(H,21,22)/b20-12-. The monoisotopic (exact) mass is 296 g/mol. The van der Waals surface area contributed by atoms with Gasteiger partial charge in [-0.15, -0.1) is 0 Å². The minimum absolute atomic E-state index is 0.00725. The number of rotatable bonds is 4. The summed E-state index contributed by atoms with van der Waals surface area (Å²) in [6.45, 7) is 1.79. The highest BCUT2D eigenvalue weighted by Crippen LogP contribution is 2.47. The lowest BCUT2D eigenvalue weighted by molar-refractivity contribution is -0.122. The summed E-state index contributed by atoms with van der Waals surface area (Å²) in [5.41, 5.74) is 5.26. The first-order valence-electron chi connectivity index (χ1n) is 7.30. The van der Waals surface area contributed by atoms with E-state index in [9.17, 15) is 9.18 Å². The SMILES string of the molecule is C/C(=N/NC(=O)C1CC1c1ccccc1)c1ccc(F)cc1. The smallest absolute Gasteiger partial charge is 0.243 e. The molecule has 2 atom stereocenters. The molecule has 0 spiro atoms. The average Bonchev–Trinajstić information content (AvgIpc) is 3.34. The molecule has 0 heterocycles. The van der Waals surface area contributed by atoms with Gasteiger partial charge in [0, 0.05) is 5.92 Å². The van der Waals surface area contributed by atoms with Gasteiger partial charge in [-0.25, -0.2) is 9.82 Å². The van der Waals surface area contributed by atoms with Gasteiger partial charge in [-0.05, 0) is 42.5 Å². The van der Waals surface area contributed by atoms with Crippen LogP contribution in [0.1, 0.15) is 30.4 Å². The van der Waals surface area contributed by atoms with Crippen molar-refractivity contribution in [2.45, 2.75) is 19.3 Å². The van der Waals surface area contributed by atoms with Crippen LogP contribution in [0, 0.1) is 11.7 Å². The van der Waals surface area contributed by atoms with Gasteiger partial charge in [0.15, 0.2) is 0 Å². The zero-order valence-corrected chi connectivity index (χ0v) is 12.3. The predicted octanol–water partition coefficient (Wildman–Crippen LogP) is 3.47. The Labute approximate surface area is 128 Å². The molecule has 1 saturated carbocycles. The lowest BCUT2D eigenvalue weighted by Crippen LogP contribution is -2.21. The summed E-state index contributed by atoms with van der Waals surface area (Å²) in [6.07, 6.45) is 0.862. The molecule has 3 nitrogen and oxygen atoms in total. The van der Waals surface area contributed by atoms with E-state index in [1.807, 2.05) is 30.3 Å². The maximum atomic E-state index is 12.9. The minimum Gasteiger partial charge on any atom is -0.273 e. The summed E-state index contributed by atoms with van der Waals surface area (Å²) in [5, 5.41) is 4.11. The molecule has 22 heavy (non-hydrogen) atoms. The molecule has 1 amide bonds. The third kappa shape index (κ3) is 3.22. The van der Waals surface area contributed by atoms with Crippen molar-refractivity contribution in [3.63, 3.8) is 0 Å². The van der Waals surface area contributed by atoms with Gasteiger partial charge in [0.05, 0.1) is 5.71 Å². The van der Waals surface area contributed by atoms with Crippen molar-refractivity contribution < 1.29 is 9.18 Å². The number of hydrogen-bond donors (Lipinski definition) is 1. The summed E-state index contributed by atoms with van der Waals surface area (Å²) in [5.74, 6) is -0.0609. The van der Waals surface area contributed by atoms with Crippen molar-refractivity contribution in [3.05, 3.63) is 71.5 Å². The minimum atomic E-state index is -0.288. The Hall–Kier alpha value is -2.49. The van der Waals surface area contributed by atoms with Crippen LogP contribution in [0.15, 0.2) is 59.7 Å². The number of hydrogen-bond acceptors (Lipinski definition) is 2. The van der Waals surface area contributed by atoms with Crippen molar-refractivity contribution in [2.24, 2.45) is 11.0 Å². The maximum Gasteiger partial charge on any atom is 0.243 e. The number of carbonyl (C=O) groups excluding carboxylic acids is 1. The number of hydrazone groups is 1. The fraction of sp³-hybridized carbons (Fsp3) is 0.222. The molecule has 0 saturated heterocycles. The van der Waals surface area contributed by atoms with E-state index >= 15 is 0 Å². The van der Waals surface area contributed by atoms with Crippen LogP contribution < -0.4 is 5.43 Å². The molecule has 0 aliphatic heterocycles. The van der Waals surface area contributed by atoms with E-state index in [0.717, 1.165) is 12.0 Å². The van der Waals surface area contributed by atoms with E-state index in [2.05, 4.69) is 10.5 Å². The fourth-order valence-electron chi connectivity index (χ4n) is 2.53. The molecule has 0 bridgehead atoms. The highest BCUT2D eigenvalue weighted by Gasteiger charge is 2.43. The predicted molar refractivity (Wildman–Crippen MR) is 84.0 cm³/mol. The van der Waals surface area contributed by atoms with Gasteiger partial charge in [0.2, 0.25) is 5.91 Å². The summed E-state index contributed by atoms with van der Waals surface area (Å²) in [7, 11) is 0. The van der Waals surface area contributed by atoms with Crippen molar-refractivity contribution in [2.75, 3.05) is 0 Å². The Morgan fingerprint density at radius 3 is 2.50 bits per heavy atom. The molecule has 1 aliphatic carbocycles. The first-order chi connectivity index (χ1) is 10.6. The van der Waals surface area contributed by atoms with E-state index < -0.39 is 0 Å². The quantitative estimate of drug-likeness (QED) is 0.681. The molecule has 1 N–H and O–H groups in total. The third-order valence-corrected chi connectivity index (χ3v) is 3.95. The highest BCUT2D eigenvalue weighted by molar-refractivity contribution is 5.99. The first-order valence-corrected chi connectivity index (χ1v) is 7.30. The zero-order chi connectivity index (χ0) is 15.5.